The summed E-state index contributed by atoms with van der Waals surface area (Å²) in [4.78, 5) is 34.0. The minimum absolute atomic E-state index is 0.155. The van der Waals surface area contributed by atoms with Crippen LogP contribution in [0.15, 0.2) is 15.5 Å². The zero-order valence-corrected chi connectivity index (χ0v) is 14.9. The number of nitrogens with zero attached hydrogens (tertiary/aromatic N) is 4. The second-order valence-corrected chi connectivity index (χ2v) is 6.40. The summed E-state index contributed by atoms with van der Waals surface area (Å²) in [5, 5.41) is 0.279. The third-order valence-electron chi connectivity index (χ3n) is 4.61. The second-order valence-electron chi connectivity index (χ2n) is 6.40. The average molecular weight is 348 g/mol. The van der Waals surface area contributed by atoms with Gasteiger partial charge in [0.05, 0.1) is 5.56 Å². The van der Waals surface area contributed by atoms with Crippen LogP contribution < -0.4 is 5.56 Å². The molecule has 0 unspecified atom stereocenters. The zero-order valence-electron chi connectivity index (χ0n) is 14.9. The Morgan fingerprint density at radius 2 is 2.04 bits per heavy atom. The Kier molecular flexibility index (Phi) is 5.19. The number of methoxy groups -OCH3 is 1. The summed E-state index contributed by atoms with van der Waals surface area (Å²) in [6.07, 6.45) is 2.16. The van der Waals surface area contributed by atoms with Crippen LogP contribution in [0.4, 0.5) is 0 Å². The van der Waals surface area contributed by atoms with Crippen LogP contribution in [-0.2, 0) is 11.3 Å². The number of carbonyl (C=O) groups excluding carboxylic acids is 1. The van der Waals surface area contributed by atoms with Crippen LogP contribution in [0.3, 0.4) is 0 Å². The van der Waals surface area contributed by atoms with Crippen molar-refractivity contribution in [3.63, 3.8) is 0 Å². The fraction of sp³-hybridized carbons (Fsp3) is 0.588. The first-order valence-corrected chi connectivity index (χ1v) is 8.48. The number of aryl methyl sites for hydroxylation is 2. The molecular weight excluding hydrogens is 324 g/mol. The van der Waals surface area contributed by atoms with Gasteiger partial charge in [0.2, 0.25) is 5.71 Å². The van der Waals surface area contributed by atoms with Crippen molar-refractivity contribution in [1.82, 2.24) is 19.4 Å². The monoisotopic (exact) mass is 348 g/mol. The molecule has 8 nitrogen and oxygen atoms in total. The zero-order chi connectivity index (χ0) is 18.0. The molecule has 0 aromatic carbocycles. The molecule has 0 atom stereocenters. The molecule has 3 heterocycles. The number of furan rings is 1. The lowest BCUT2D eigenvalue weighted by Crippen LogP contribution is -2.47. The molecule has 2 aromatic heterocycles. The standard InChI is InChI=1S/C17H24N4O4/c1-12-13(16(22)20-8-6-19(2)7-9-20)14-15(25-12)18-11-21(17(14)23)5-4-10-24-3/h11H,4-10H2,1-3H3. The van der Waals surface area contributed by atoms with Crippen LogP contribution in [0.5, 0.6) is 0 Å². The van der Waals surface area contributed by atoms with Crippen LogP contribution in [-0.4, -0.2) is 72.2 Å². The fourth-order valence-corrected chi connectivity index (χ4v) is 3.10. The van der Waals surface area contributed by atoms with E-state index in [0.29, 0.717) is 44.0 Å². The fourth-order valence-electron chi connectivity index (χ4n) is 3.10. The highest BCUT2D eigenvalue weighted by Crippen LogP contribution is 2.23. The second kappa shape index (κ2) is 7.37. The van der Waals surface area contributed by atoms with Crippen LogP contribution in [0.1, 0.15) is 22.5 Å². The van der Waals surface area contributed by atoms with E-state index in [0.717, 1.165) is 13.1 Å². The van der Waals surface area contributed by atoms with Crippen molar-refractivity contribution >= 4 is 17.0 Å². The number of hydrogen-bond donors (Lipinski definition) is 0. The van der Waals surface area contributed by atoms with Gasteiger partial charge in [-0.3, -0.25) is 14.2 Å². The lowest BCUT2D eigenvalue weighted by atomic mass is 10.1. The molecule has 8 heteroatoms. The summed E-state index contributed by atoms with van der Waals surface area (Å²) >= 11 is 0. The number of ether oxygens (including phenoxy) is 1. The molecule has 0 spiro atoms. The van der Waals surface area contributed by atoms with Crippen LogP contribution in [0, 0.1) is 6.92 Å². The largest absolute Gasteiger partial charge is 0.442 e. The smallest absolute Gasteiger partial charge is 0.265 e. The Labute approximate surface area is 146 Å². The molecule has 1 amide bonds. The van der Waals surface area contributed by atoms with Gasteiger partial charge in [0.25, 0.3) is 11.5 Å². The Morgan fingerprint density at radius 1 is 1.32 bits per heavy atom. The van der Waals surface area contributed by atoms with Crippen molar-refractivity contribution in [1.29, 1.82) is 0 Å². The number of likely N-dealkylation sites (N-methyl/N-ethyl adjacent to an activating group) is 1. The maximum absolute atomic E-state index is 13.0. The maximum Gasteiger partial charge on any atom is 0.265 e. The van der Waals surface area contributed by atoms with E-state index >= 15 is 0 Å². The van der Waals surface area contributed by atoms with E-state index in [1.54, 1.807) is 18.9 Å². The SMILES string of the molecule is COCCCn1cnc2oc(C)c(C(=O)N3CCN(C)CC3)c2c1=O. The first-order chi connectivity index (χ1) is 12.0. The molecule has 25 heavy (non-hydrogen) atoms. The number of carbonyl (C=O) groups is 1. The summed E-state index contributed by atoms with van der Waals surface area (Å²) in [7, 11) is 3.65. The summed E-state index contributed by atoms with van der Waals surface area (Å²) in [5.41, 5.74) is 0.330. The minimum atomic E-state index is -0.240. The number of piperazine rings is 1. The van der Waals surface area contributed by atoms with Gasteiger partial charge < -0.3 is 19.0 Å². The van der Waals surface area contributed by atoms with E-state index < -0.39 is 0 Å². The number of amides is 1. The van der Waals surface area contributed by atoms with Gasteiger partial charge in [0, 0.05) is 46.4 Å². The Balaban J connectivity index is 1.96. The molecule has 1 saturated heterocycles. The molecule has 0 saturated carbocycles. The van der Waals surface area contributed by atoms with E-state index in [4.69, 9.17) is 9.15 Å². The lowest BCUT2D eigenvalue weighted by Gasteiger charge is -2.32. The van der Waals surface area contributed by atoms with E-state index in [1.807, 2.05) is 7.05 Å². The molecule has 0 N–H and O–H groups in total. The van der Waals surface area contributed by atoms with Crippen LogP contribution >= 0.6 is 0 Å². The topological polar surface area (TPSA) is 80.8 Å². The van der Waals surface area contributed by atoms with E-state index in [9.17, 15) is 9.59 Å². The van der Waals surface area contributed by atoms with Crippen molar-refractivity contribution in [3.8, 4) is 0 Å². The molecule has 2 aromatic rings. The first kappa shape index (κ1) is 17.6. The Hall–Kier alpha value is -2.19. The number of rotatable bonds is 5. The third kappa shape index (κ3) is 3.45. The predicted octanol–water partition coefficient (Wildman–Crippen LogP) is 0.722. The van der Waals surface area contributed by atoms with Crippen LogP contribution in [0.25, 0.3) is 11.1 Å². The summed E-state index contributed by atoms with van der Waals surface area (Å²) in [6.45, 7) is 5.68. The normalized spacial score (nSPS) is 15.9. The van der Waals surface area contributed by atoms with Crippen molar-refractivity contribution in [2.75, 3.05) is 46.9 Å². The highest BCUT2D eigenvalue weighted by Gasteiger charge is 2.28. The van der Waals surface area contributed by atoms with Gasteiger partial charge in [0.15, 0.2) is 0 Å². The highest BCUT2D eigenvalue weighted by atomic mass is 16.5. The third-order valence-corrected chi connectivity index (χ3v) is 4.61. The lowest BCUT2D eigenvalue weighted by molar-refractivity contribution is 0.0664. The quantitative estimate of drug-likeness (QED) is 0.741. The van der Waals surface area contributed by atoms with E-state index in [-0.39, 0.29) is 22.6 Å². The first-order valence-electron chi connectivity index (χ1n) is 8.48. The van der Waals surface area contributed by atoms with Gasteiger partial charge in [-0.1, -0.05) is 0 Å². The molecule has 3 rings (SSSR count). The maximum atomic E-state index is 13.0. The molecule has 1 aliphatic heterocycles. The summed E-state index contributed by atoms with van der Waals surface area (Å²) < 4.78 is 12.1. The predicted molar refractivity (Wildman–Crippen MR) is 92.9 cm³/mol. The van der Waals surface area contributed by atoms with E-state index in [2.05, 4.69) is 9.88 Å². The molecule has 0 radical (unpaired) electrons. The molecular formula is C17H24N4O4. The summed E-state index contributed by atoms with van der Waals surface area (Å²) in [6, 6.07) is 0. The van der Waals surface area contributed by atoms with Crippen molar-refractivity contribution < 1.29 is 13.9 Å². The minimum Gasteiger partial charge on any atom is -0.442 e. The number of fused-ring (bicyclic) bond motifs is 1. The molecule has 1 fully saturated rings. The van der Waals surface area contributed by atoms with Crippen molar-refractivity contribution in [3.05, 3.63) is 28.0 Å². The number of hydrogen-bond acceptors (Lipinski definition) is 6. The van der Waals surface area contributed by atoms with Gasteiger partial charge in [-0.05, 0) is 20.4 Å². The van der Waals surface area contributed by atoms with Gasteiger partial charge in [-0.25, -0.2) is 4.98 Å². The highest BCUT2D eigenvalue weighted by molar-refractivity contribution is 6.06. The average Bonchev–Trinajstić information content (AvgIpc) is 2.94. The molecule has 0 bridgehead atoms. The molecule has 0 aliphatic carbocycles. The van der Waals surface area contributed by atoms with Crippen LogP contribution in [0.2, 0.25) is 0 Å². The summed E-state index contributed by atoms with van der Waals surface area (Å²) in [5.74, 6) is 0.288. The number of aromatic nitrogens is 2. The van der Waals surface area contributed by atoms with Gasteiger partial charge in [0.1, 0.15) is 17.5 Å². The Morgan fingerprint density at radius 3 is 2.72 bits per heavy atom. The van der Waals surface area contributed by atoms with E-state index in [1.165, 1.54) is 10.9 Å². The molecule has 1 aliphatic rings. The molecule has 136 valence electrons. The van der Waals surface area contributed by atoms with Crippen molar-refractivity contribution in [2.45, 2.75) is 19.9 Å². The van der Waals surface area contributed by atoms with Gasteiger partial charge in [-0.2, -0.15) is 0 Å². The van der Waals surface area contributed by atoms with Crippen molar-refractivity contribution in [2.24, 2.45) is 0 Å². The van der Waals surface area contributed by atoms with Gasteiger partial charge >= 0.3 is 0 Å². The Bertz CT molecular complexity index is 818. The van der Waals surface area contributed by atoms with Gasteiger partial charge in [-0.15, -0.1) is 0 Å².